The molecule has 3 amide bonds. The molecule has 0 spiro atoms. The number of carbonyl (C=O) groups is 4. The van der Waals surface area contributed by atoms with Gasteiger partial charge in [-0.25, -0.2) is 4.90 Å². The van der Waals surface area contributed by atoms with Crippen molar-refractivity contribution in [3.05, 3.63) is 65.2 Å². The van der Waals surface area contributed by atoms with Gasteiger partial charge in [-0.1, -0.05) is 42.8 Å². The number of benzene rings is 2. The summed E-state index contributed by atoms with van der Waals surface area (Å²) in [6, 6.07) is 11.7. The third kappa shape index (κ3) is 4.04. The van der Waals surface area contributed by atoms with Gasteiger partial charge in [-0.05, 0) is 49.1 Å². The first kappa shape index (κ1) is 23.3. The Morgan fingerprint density at radius 3 is 2.63 bits per heavy atom. The van der Waals surface area contributed by atoms with Crippen molar-refractivity contribution in [1.82, 2.24) is 0 Å². The second kappa shape index (κ2) is 8.96. The van der Waals surface area contributed by atoms with Crippen LogP contribution in [0.4, 0.5) is 11.4 Å². The molecule has 2 saturated heterocycles. The summed E-state index contributed by atoms with van der Waals surface area (Å²) in [5, 5.41) is 0.550. The molecule has 2 heterocycles. The predicted molar refractivity (Wildman–Crippen MR) is 131 cm³/mol. The molecule has 0 bridgehead atoms. The molecule has 2 aromatic carbocycles. The zero-order valence-corrected chi connectivity index (χ0v) is 20.2. The second-order valence-electron chi connectivity index (χ2n) is 9.37. The molecule has 1 aliphatic carbocycles. The third-order valence-corrected chi connectivity index (χ3v) is 7.56. The molecule has 4 atom stereocenters. The van der Waals surface area contributed by atoms with E-state index in [1.54, 1.807) is 41.3 Å². The van der Waals surface area contributed by atoms with Crippen LogP contribution in [0.3, 0.4) is 0 Å². The first-order chi connectivity index (χ1) is 16.8. The number of hydrogen-bond donors (Lipinski definition) is 0. The lowest BCUT2D eigenvalue weighted by molar-refractivity contribution is -0.139. The standard InChI is InChI=1S/C27H25ClN2O5/c1-15-6-3-9-20-24(15)26(33)30(25(20)32)18-7-4-8-19(13-18)35-27(34)17-12-23(31)29(14-17)22-11-5-10-21(28)16(22)2/h3-8,10-11,13,15,17,20,24H,9,12,14H2,1-2H3/t15-,17-,20-,24+/m1/s1. The number of carbonyl (C=O) groups excluding carboxylic acids is 4. The van der Waals surface area contributed by atoms with Crippen LogP contribution in [0.15, 0.2) is 54.6 Å². The average molecular weight is 493 g/mol. The van der Waals surface area contributed by atoms with Crippen LogP contribution in [0, 0.1) is 30.6 Å². The molecule has 7 nitrogen and oxygen atoms in total. The maximum absolute atomic E-state index is 13.1. The summed E-state index contributed by atoms with van der Waals surface area (Å²) in [7, 11) is 0. The maximum atomic E-state index is 13.1. The Morgan fingerprint density at radius 1 is 1.09 bits per heavy atom. The van der Waals surface area contributed by atoms with Crippen molar-refractivity contribution >= 4 is 46.7 Å². The molecule has 0 unspecified atom stereocenters. The molecule has 2 aromatic rings. The summed E-state index contributed by atoms with van der Waals surface area (Å²) in [6.45, 7) is 3.96. The number of hydrogen-bond acceptors (Lipinski definition) is 5. The molecule has 0 N–H and O–H groups in total. The summed E-state index contributed by atoms with van der Waals surface area (Å²) >= 11 is 6.20. The first-order valence-corrected chi connectivity index (χ1v) is 12.1. The molecule has 2 fully saturated rings. The van der Waals surface area contributed by atoms with E-state index >= 15 is 0 Å². The number of esters is 1. The number of fused-ring (bicyclic) bond motifs is 1. The molecule has 0 radical (unpaired) electrons. The molecule has 3 aliphatic rings. The Kier molecular flexibility index (Phi) is 5.97. The van der Waals surface area contributed by atoms with Crippen LogP contribution in [-0.2, 0) is 19.2 Å². The van der Waals surface area contributed by atoms with E-state index in [2.05, 4.69) is 0 Å². The molecule has 2 aliphatic heterocycles. The number of allylic oxidation sites excluding steroid dienone is 2. The number of nitrogens with zero attached hydrogens (tertiary/aromatic N) is 2. The van der Waals surface area contributed by atoms with Gasteiger partial charge in [0.2, 0.25) is 17.7 Å². The molecule has 0 aromatic heterocycles. The van der Waals surface area contributed by atoms with Crippen LogP contribution in [0.5, 0.6) is 5.75 Å². The van der Waals surface area contributed by atoms with Crippen molar-refractivity contribution < 1.29 is 23.9 Å². The number of rotatable bonds is 4. The van der Waals surface area contributed by atoms with E-state index in [-0.39, 0.29) is 54.2 Å². The third-order valence-electron chi connectivity index (χ3n) is 7.16. The molecule has 5 rings (SSSR count). The quantitative estimate of drug-likeness (QED) is 0.275. The molecule has 0 saturated carbocycles. The van der Waals surface area contributed by atoms with Gasteiger partial charge in [0.05, 0.1) is 23.4 Å². The highest BCUT2D eigenvalue weighted by Gasteiger charge is 2.50. The van der Waals surface area contributed by atoms with Gasteiger partial charge in [0.15, 0.2) is 0 Å². The molecule has 8 heteroatoms. The monoisotopic (exact) mass is 492 g/mol. The summed E-state index contributed by atoms with van der Waals surface area (Å²) in [5.41, 5.74) is 1.83. The van der Waals surface area contributed by atoms with E-state index in [4.69, 9.17) is 16.3 Å². The second-order valence-corrected chi connectivity index (χ2v) is 9.78. The van der Waals surface area contributed by atoms with Crippen molar-refractivity contribution in [2.45, 2.75) is 26.7 Å². The predicted octanol–water partition coefficient (Wildman–Crippen LogP) is 4.31. The highest BCUT2D eigenvalue weighted by molar-refractivity contribution is 6.31. The minimum atomic E-state index is -0.644. The number of ether oxygens (including phenoxy) is 1. The Bertz CT molecular complexity index is 1270. The van der Waals surface area contributed by atoms with E-state index < -0.39 is 11.9 Å². The van der Waals surface area contributed by atoms with E-state index in [9.17, 15) is 19.2 Å². The van der Waals surface area contributed by atoms with E-state index in [0.717, 1.165) is 5.56 Å². The lowest BCUT2D eigenvalue weighted by atomic mass is 9.78. The van der Waals surface area contributed by atoms with Gasteiger partial charge in [-0.3, -0.25) is 19.2 Å². The van der Waals surface area contributed by atoms with Crippen molar-refractivity contribution in [2.75, 3.05) is 16.3 Å². The van der Waals surface area contributed by atoms with Crippen LogP contribution < -0.4 is 14.5 Å². The van der Waals surface area contributed by atoms with Gasteiger partial charge in [0, 0.05) is 29.7 Å². The normalized spacial score (nSPS) is 25.9. The highest BCUT2D eigenvalue weighted by Crippen LogP contribution is 2.41. The Hall–Kier alpha value is -3.45. The summed E-state index contributed by atoms with van der Waals surface area (Å²) in [6.07, 6.45) is 4.51. The smallest absolute Gasteiger partial charge is 0.316 e. The Labute approximate surface area is 208 Å². The summed E-state index contributed by atoms with van der Waals surface area (Å²) < 4.78 is 5.59. The SMILES string of the molecule is Cc1c(Cl)cccc1N1C[C@H](C(=O)Oc2cccc(N3C(=O)[C@H]4[C@H](C)C=CC[C@H]4C3=O)c2)CC1=O. The van der Waals surface area contributed by atoms with Gasteiger partial charge in [0.1, 0.15) is 5.75 Å². The van der Waals surface area contributed by atoms with Gasteiger partial charge < -0.3 is 9.64 Å². The zero-order valence-electron chi connectivity index (χ0n) is 19.4. The number of amides is 3. The summed E-state index contributed by atoms with van der Waals surface area (Å²) in [5.74, 6) is -2.34. The minimum Gasteiger partial charge on any atom is -0.426 e. The number of imide groups is 1. The van der Waals surface area contributed by atoms with Crippen LogP contribution in [-0.4, -0.2) is 30.2 Å². The van der Waals surface area contributed by atoms with Crippen molar-refractivity contribution in [3.63, 3.8) is 0 Å². The van der Waals surface area contributed by atoms with Crippen LogP contribution in [0.2, 0.25) is 5.02 Å². The zero-order chi connectivity index (χ0) is 24.9. The Morgan fingerprint density at radius 2 is 1.86 bits per heavy atom. The number of halogens is 1. The molecule has 180 valence electrons. The van der Waals surface area contributed by atoms with E-state index in [0.29, 0.717) is 22.8 Å². The molecule has 35 heavy (non-hydrogen) atoms. The van der Waals surface area contributed by atoms with Crippen LogP contribution in [0.1, 0.15) is 25.3 Å². The minimum absolute atomic E-state index is 0.0119. The van der Waals surface area contributed by atoms with Gasteiger partial charge in [0.25, 0.3) is 0 Å². The maximum Gasteiger partial charge on any atom is 0.316 e. The topological polar surface area (TPSA) is 84.0 Å². The highest BCUT2D eigenvalue weighted by atomic mass is 35.5. The largest absolute Gasteiger partial charge is 0.426 e. The average Bonchev–Trinajstić information content (AvgIpc) is 3.34. The van der Waals surface area contributed by atoms with Crippen molar-refractivity contribution in [3.8, 4) is 5.75 Å². The fraction of sp³-hybridized carbons (Fsp3) is 0.333. The summed E-state index contributed by atoms with van der Waals surface area (Å²) in [4.78, 5) is 54.4. The van der Waals surface area contributed by atoms with Gasteiger partial charge >= 0.3 is 5.97 Å². The molecular formula is C27H25ClN2O5. The van der Waals surface area contributed by atoms with Crippen molar-refractivity contribution in [2.24, 2.45) is 23.7 Å². The van der Waals surface area contributed by atoms with Gasteiger partial charge in [-0.15, -0.1) is 0 Å². The first-order valence-electron chi connectivity index (χ1n) is 11.7. The number of anilines is 2. The lowest BCUT2D eigenvalue weighted by Crippen LogP contribution is -2.31. The van der Waals surface area contributed by atoms with E-state index in [1.165, 1.54) is 11.0 Å². The van der Waals surface area contributed by atoms with Crippen LogP contribution >= 0.6 is 11.6 Å². The van der Waals surface area contributed by atoms with Crippen molar-refractivity contribution in [1.29, 1.82) is 0 Å². The Balaban J connectivity index is 1.31. The molecular weight excluding hydrogens is 468 g/mol. The van der Waals surface area contributed by atoms with E-state index in [1.807, 2.05) is 26.0 Å². The fourth-order valence-corrected chi connectivity index (χ4v) is 5.44. The lowest BCUT2D eigenvalue weighted by Gasteiger charge is -2.22. The van der Waals surface area contributed by atoms with Gasteiger partial charge in [-0.2, -0.15) is 0 Å². The fourth-order valence-electron chi connectivity index (χ4n) is 5.27. The van der Waals surface area contributed by atoms with Crippen LogP contribution in [0.25, 0.3) is 0 Å².